The van der Waals surface area contributed by atoms with Gasteiger partial charge in [-0.15, -0.1) is 0 Å². The molecular formula is C12H12BrFN2O. The van der Waals surface area contributed by atoms with Gasteiger partial charge in [0.15, 0.2) is 0 Å². The van der Waals surface area contributed by atoms with Crippen LogP contribution < -0.4 is 0 Å². The maximum atomic E-state index is 13.4. The predicted molar refractivity (Wildman–Crippen MR) is 66.5 cm³/mol. The van der Waals surface area contributed by atoms with Crippen LogP contribution in [0.3, 0.4) is 0 Å². The number of nitrogens with one attached hydrogen (secondary N) is 1. The Hall–Kier alpha value is -0.940. The van der Waals surface area contributed by atoms with Crippen molar-refractivity contribution in [3.8, 4) is 0 Å². The van der Waals surface area contributed by atoms with Gasteiger partial charge >= 0.3 is 0 Å². The molecule has 1 aliphatic rings. The minimum absolute atomic E-state index is 0.271. The van der Waals surface area contributed by atoms with Crippen molar-refractivity contribution < 1.29 is 9.13 Å². The summed E-state index contributed by atoms with van der Waals surface area (Å²) in [7, 11) is 0. The van der Waals surface area contributed by atoms with E-state index in [1.165, 1.54) is 6.07 Å². The Morgan fingerprint density at radius 1 is 1.47 bits per heavy atom. The van der Waals surface area contributed by atoms with Gasteiger partial charge in [-0.2, -0.15) is 0 Å². The zero-order chi connectivity index (χ0) is 11.8. The van der Waals surface area contributed by atoms with Crippen molar-refractivity contribution in [1.82, 2.24) is 9.97 Å². The number of fused-ring (bicyclic) bond motifs is 1. The lowest BCUT2D eigenvalue weighted by Gasteiger charge is -2.19. The number of rotatable bonds is 1. The molecule has 1 atom stereocenters. The minimum atomic E-state index is -0.271. The summed E-state index contributed by atoms with van der Waals surface area (Å²) in [6.45, 7) is 1.53. The molecular weight excluding hydrogens is 287 g/mol. The van der Waals surface area contributed by atoms with Crippen LogP contribution in [0.2, 0.25) is 0 Å². The molecule has 3 nitrogen and oxygen atoms in total. The maximum Gasteiger partial charge on any atom is 0.139 e. The van der Waals surface area contributed by atoms with Crippen molar-refractivity contribution in [2.75, 3.05) is 13.2 Å². The summed E-state index contributed by atoms with van der Waals surface area (Å²) in [6, 6.07) is 3.17. The molecule has 0 bridgehead atoms. The number of hydrogen-bond donors (Lipinski definition) is 1. The molecule has 17 heavy (non-hydrogen) atoms. The molecule has 0 radical (unpaired) electrons. The number of imidazole rings is 1. The molecule has 0 amide bonds. The van der Waals surface area contributed by atoms with E-state index in [1.54, 1.807) is 6.07 Å². The van der Waals surface area contributed by atoms with Crippen molar-refractivity contribution in [3.63, 3.8) is 0 Å². The van der Waals surface area contributed by atoms with Gasteiger partial charge in [0.25, 0.3) is 0 Å². The van der Waals surface area contributed by atoms with E-state index in [9.17, 15) is 4.39 Å². The van der Waals surface area contributed by atoms with Gasteiger partial charge in [-0.1, -0.05) is 0 Å². The van der Waals surface area contributed by atoms with Crippen LogP contribution >= 0.6 is 15.9 Å². The van der Waals surface area contributed by atoms with E-state index in [-0.39, 0.29) is 5.82 Å². The summed E-state index contributed by atoms with van der Waals surface area (Å²) in [5.41, 5.74) is 1.53. The van der Waals surface area contributed by atoms with E-state index in [0.717, 1.165) is 36.3 Å². The summed E-state index contributed by atoms with van der Waals surface area (Å²) in [5, 5.41) is 0. The molecule has 0 spiro atoms. The van der Waals surface area contributed by atoms with Gasteiger partial charge in [-0.25, -0.2) is 9.37 Å². The average Bonchev–Trinajstić information content (AvgIpc) is 2.74. The first kappa shape index (κ1) is 11.2. The maximum absolute atomic E-state index is 13.4. The van der Waals surface area contributed by atoms with Crippen LogP contribution in [0, 0.1) is 5.82 Å². The third kappa shape index (κ3) is 2.09. The number of ether oxygens (including phenoxy) is 1. The summed E-state index contributed by atoms with van der Waals surface area (Å²) >= 11 is 3.17. The highest BCUT2D eigenvalue weighted by Crippen LogP contribution is 2.27. The first-order valence-electron chi connectivity index (χ1n) is 5.66. The Kier molecular flexibility index (Phi) is 2.88. The molecule has 90 valence electrons. The molecule has 2 aromatic rings. The van der Waals surface area contributed by atoms with Crippen molar-refractivity contribution in [1.29, 1.82) is 0 Å². The van der Waals surface area contributed by atoms with E-state index in [4.69, 9.17) is 4.74 Å². The summed E-state index contributed by atoms with van der Waals surface area (Å²) in [6.07, 6.45) is 2.13. The van der Waals surface area contributed by atoms with E-state index < -0.39 is 0 Å². The fourth-order valence-electron chi connectivity index (χ4n) is 2.17. The first-order chi connectivity index (χ1) is 8.24. The highest BCUT2D eigenvalue weighted by molar-refractivity contribution is 9.10. The van der Waals surface area contributed by atoms with Crippen LogP contribution in [-0.2, 0) is 4.74 Å². The molecule has 1 aromatic carbocycles. The highest BCUT2D eigenvalue weighted by Gasteiger charge is 2.19. The summed E-state index contributed by atoms with van der Waals surface area (Å²) in [5.74, 6) is 0.933. The van der Waals surface area contributed by atoms with Gasteiger partial charge in [-0.3, -0.25) is 0 Å². The monoisotopic (exact) mass is 298 g/mol. The Morgan fingerprint density at radius 3 is 3.12 bits per heavy atom. The lowest BCUT2D eigenvalue weighted by atomic mass is 10.0. The Morgan fingerprint density at radius 2 is 2.35 bits per heavy atom. The predicted octanol–water partition coefficient (Wildman–Crippen LogP) is 3.36. The van der Waals surface area contributed by atoms with Crippen LogP contribution in [-0.4, -0.2) is 23.2 Å². The fourth-order valence-corrected chi connectivity index (χ4v) is 2.51. The van der Waals surface area contributed by atoms with Crippen molar-refractivity contribution in [2.45, 2.75) is 18.8 Å². The highest BCUT2D eigenvalue weighted by atomic mass is 79.9. The van der Waals surface area contributed by atoms with Crippen LogP contribution in [0.25, 0.3) is 11.0 Å². The minimum Gasteiger partial charge on any atom is -0.381 e. The zero-order valence-electron chi connectivity index (χ0n) is 9.17. The number of aromatic amines is 1. The normalized spacial score (nSPS) is 20.9. The smallest absolute Gasteiger partial charge is 0.139 e. The SMILES string of the molecule is Fc1cc2[nH]c(C3CCCOC3)nc2cc1Br. The second-order valence-corrected chi connectivity index (χ2v) is 5.17. The molecule has 1 saturated heterocycles. The van der Waals surface area contributed by atoms with Crippen LogP contribution in [0.5, 0.6) is 0 Å². The number of halogens is 2. The number of benzene rings is 1. The summed E-state index contributed by atoms with van der Waals surface area (Å²) < 4.78 is 19.3. The average molecular weight is 299 g/mol. The van der Waals surface area contributed by atoms with Gasteiger partial charge in [0.05, 0.1) is 22.1 Å². The first-order valence-corrected chi connectivity index (χ1v) is 6.46. The van der Waals surface area contributed by atoms with Gasteiger partial charge < -0.3 is 9.72 Å². The molecule has 3 rings (SSSR count). The second kappa shape index (κ2) is 4.38. The molecule has 0 aliphatic carbocycles. The molecule has 1 aromatic heterocycles. The molecule has 1 aliphatic heterocycles. The van der Waals surface area contributed by atoms with Crippen LogP contribution in [0.1, 0.15) is 24.6 Å². The van der Waals surface area contributed by atoms with Crippen molar-refractivity contribution in [3.05, 3.63) is 28.2 Å². The lowest BCUT2D eigenvalue weighted by Crippen LogP contribution is -2.16. The van der Waals surface area contributed by atoms with Gasteiger partial charge in [0.2, 0.25) is 0 Å². The standard InChI is InChI=1S/C12H12BrFN2O/c13-8-4-10-11(5-9(8)14)16-12(15-10)7-2-1-3-17-6-7/h4-5,7H,1-3,6H2,(H,15,16). The van der Waals surface area contributed by atoms with E-state index in [0.29, 0.717) is 17.0 Å². The molecule has 1 N–H and O–H groups in total. The Balaban J connectivity index is 2.00. The van der Waals surface area contributed by atoms with Crippen molar-refractivity contribution in [2.24, 2.45) is 0 Å². The third-order valence-electron chi connectivity index (χ3n) is 3.09. The number of nitrogens with zero attached hydrogens (tertiary/aromatic N) is 1. The van der Waals surface area contributed by atoms with E-state index in [2.05, 4.69) is 25.9 Å². The second-order valence-electron chi connectivity index (χ2n) is 4.32. The van der Waals surface area contributed by atoms with Gasteiger partial charge in [0.1, 0.15) is 11.6 Å². The van der Waals surface area contributed by atoms with Crippen LogP contribution in [0.4, 0.5) is 4.39 Å². The molecule has 1 unspecified atom stereocenters. The largest absolute Gasteiger partial charge is 0.381 e. The number of aromatic nitrogens is 2. The third-order valence-corrected chi connectivity index (χ3v) is 3.70. The lowest BCUT2D eigenvalue weighted by molar-refractivity contribution is 0.0784. The van der Waals surface area contributed by atoms with E-state index >= 15 is 0 Å². The van der Waals surface area contributed by atoms with Gasteiger partial charge in [0, 0.05) is 18.6 Å². The molecule has 1 fully saturated rings. The van der Waals surface area contributed by atoms with Gasteiger partial charge in [-0.05, 0) is 34.8 Å². The molecule has 2 heterocycles. The zero-order valence-corrected chi connectivity index (χ0v) is 10.8. The quantitative estimate of drug-likeness (QED) is 0.877. The number of hydrogen-bond acceptors (Lipinski definition) is 2. The molecule has 0 saturated carbocycles. The number of H-pyrrole nitrogens is 1. The Labute approximate surface area is 107 Å². The Bertz CT molecular complexity index is 510. The van der Waals surface area contributed by atoms with Crippen LogP contribution in [0.15, 0.2) is 16.6 Å². The fraction of sp³-hybridized carbons (Fsp3) is 0.417. The summed E-state index contributed by atoms with van der Waals surface area (Å²) in [4.78, 5) is 7.69. The topological polar surface area (TPSA) is 37.9 Å². The molecule has 5 heteroatoms. The van der Waals surface area contributed by atoms with E-state index in [1.807, 2.05) is 0 Å². The van der Waals surface area contributed by atoms with Crippen molar-refractivity contribution >= 4 is 27.0 Å².